The monoisotopic (exact) mass is 527 g/mol. The average Bonchev–Trinajstić information content (AvgIpc) is 3.58. The number of nitrogens with two attached hydrogens (primary N) is 1. The molecule has 4 amide bonds. The number of likely N-dealkylation sites (N-methyl/N-ethyl adjacent to an activating group) is 1. The van der Waals surface area contributed by atoms with E-state index in [1.54, 1.807) is 25.3 Å². The van der Waals surface area contributed by atoms with Crippen LogP contribution in [-0.2, 0) is 25.6 Å². The van der Waals surface area contributed by atoms with Gasteiger partial charge in [-0.3, -0.25) is 19.2 Å². The lowest BCUT2D eigenvalue weighted by Crippen LogP contribution is -2.58. The Morgan fingerprint density at radius 1 is 1.11 bits per heavy atom. The molecule has 0 radical (unpaired) electrons. The van der Waals surface area contributed by atoms with Crippen molar-refractivity contribution in [1.82, 2.24) is 20.9 Å². The summed E-state index contributed by atoms with van der Waals surface area (Å²) in [5, 5.41) is 12.5. The van der Waals surface area contributed by atoms with Crippen LogP contribution in [0.1, 0.15) is 39.2 Å². The van der Waals surface area contributed by atoms with Gasteiger partial charge in [-0.25, -0.2) is 0 Å². The van der Waals surface area contributed by atoms with E-state index in [9.17, 15) is 19.2 Å². The Bertz CT molecular complexity index is 1100. The van der Waals surface area contributed by atoms with Crippen LogP contribution >= 0.6 is 11.3 Å². The number of hydrogen-bond acceptors (Lipinski definition) is 6. The summed E-state index contributed by atoms with van der Waals surface area (Å²) in [5.41, 5.74) is 8.63. The van der Waals surface area contributed by atoms with Gasteiger partial charge < -0.3 is 26.6 Å². The molecule has 0 aliphatic carbocycles. The Kier molecular flexibility index (Phi) is 9.82. The van der Waals surface area contributed by atoms with Crippen molar-refractivity contribution in [2.45, 2.75) is 64.2 Å². The van der Waals surface area contributed by atoms with Gasteiger partial charge in [-0.2, -0.15) is 11.3 Å². The second kappa shape index (κ2) is 12.8. The summed E-state index contributed by atoms with van der Waals surface area (Å²) in [5.74, 6) is -1.81. The van der Waals surface area contributed by atoms with Crippen molar-refractivity contribution in [2.24, 2.45) is 11.7 Å². The zero-order chi connectivity index (χ0) is 27.1. The molecule has 0 unspecified atom stereocenters. The van der Waals surface area contributed by atoms with Crippen molar-refractivity contribution in [1.29, 1.82) is 0 Å². The molecule has 0 bridgehead atoms. The van der Waals surface area contributed by atoms with Crippen LogP contribution in [0.25, 0.3) is 11.1 Å². The maximum absolute atomic E-state index is 13.4. The number of nitrogens with one attached hydrogen (secondary N) is 3. The van der Waals surface area contributed by atoms with Gasteiger partial charge in [0.1, 0.15) is 18.1 Å². The Morgan fingerprint density at radius 2 is 1.86 bits per heavy atom. The van der Waals surface area contributed by atoms with Crippen LogP contribution in [-0.4, -0.2) is 66.3 Å². The second-order valence-electron chi connectivity index (χ2n) is 9.81. The van der Waals surface area contributed by atoms with Crippen molar-refractivity contribution in [3.63, 3.8) is 0 Å². The lowest BCUT2D eigenvalue weighted by atomic mass is 10.00. The smallest absolute Gasteiger partial charge is 0.246 e. The summed E-state index contributed by atoms with van der Waals surface area (Å²) in [4.78, 5) is 52.9. The molecule has 4 atom stereocenters. The fourth-order valence-corrected chi connectivity index (χ4v) is 5.10. The Balaban J connectivity index is 1.71. The van der Waals surface area contributed by atoms with Gasteiger partial charge in [0.15, 0.2) is 0 Å². The molecule has 9 nitrogen and oxygen atoms in total. The van der Waals surface area contributed by atoms with Crippen LogP contribution in [0, 0.1) is 5.92 Å². The molecule has 1 fully saturated rings. The zero-order valence-electron chi connectivity index (χ0n) is 21.8. The molecule has 37 heavy (non-hydrogen) atoms. The lowest BCUT2D eigenvalue weighted by molar-refractivity contribution is -0.143. The van der Waals surface area contributed by atoms with Gasteiger partial charge >= 0.3 is 0 Å². The Morgan fingerprint density at radius 3 is 2.49 bits per heavy atom. The number of nitrogens with zero attached hydrogens (tertiary/aromatic N) is 1. The summed E-state index contributed by atoms with van der Waals surface area (Å²) in [6, 6.07) is 6.94. The van der Waals surface area contributed by atoms with Gasteiger partial charge in [0.05, 0.1) is 6.04 Å². The predicted molar refractivity (Wildman–Crippen MR) is 145 cm³/mol. The number of amides is 4. The minimum Gasteiger partial charge on any atom is -0.368 e. The molecule has 2 aromatic rings. The highest BCUT2D eigenvalue weighted by molar-refractivity contribution is 7.08. The summed E-state index contributed by atoms with van der Waals surface area (Å²) in [6.07, 6.45) is 1.37. The van der Waals surface area contributed by atoms with E-state index in [-0.39, 0.29) is 24.2 Å². The first kappa shape index (κ1) is 28.3. The van der Waals surface area contributed by atoms with E-state index < -0.39 is 36.0 Å². The average molecular weight is 528 g/mol. The van der Waals surface area contributed by atoms with Gasteiger partial charge in [0.2, 0.25) is 23.6 Å². The first-order valence-corrected chi connectivity index (χ1v) is 13.6. The summed E-state index contributed by atoms with van der Waals surface area (Å²) < 4.78 is 0. The number of benzene rings is 1. The third-order valence-corrected chi connectivity index (χ3v) is 7.46. The van der Waals surface area contributed by atoms with E-state index in [0.29, 0.717) is 19.4 Å². The van der Waals surface area contributed by atoms with E-state index in [0.717, 1.165) is 16.7 Å². The highest BCUT2D eigenvalue weighted by Crippen LogP contribution is 2.24. The van der Waals surface area contributed by atoms with Crippen LogP contribution < -0.4 is 21.7 Å². The molecule has 1 aliphatic heterocycles. The van der Waals surface area contributed by atoms with Crippen molar-refractivity contribution in [3.05, 3.63) is 46.7 Å². The minimum absolute atomic E-state index is 0.168. The molecule has 0 saturated carbocycles. The molecular formula is C27H37N5O4S. The van der Waals surface area contributed by atoms with Gasteiger partial charge in [-0.1, -0.05) is 38.1 Å². The van der Waals surface area contributed by atoms with Gasteiger partial charge in [-0.05, 0) is 66.2 Å². The van der Waals surface area contributed by atoms with E-state index >= 15 is 0 Å². The SMILES string of the molecule is CN[C@@H](C)C(=O)N[C@H](C(=O)N1CCC[C@H]1C(=O)N[C@@H](Cc1cccc(-c2ccsc2)c1)C(N)=O)C(C)C. The molecule has 1 aromatic heterocycles. The largest absolute Gasteiger partial charge is 0.368 e. The molecule has 1 saturated heterocycles. The van der Waals surface area contributed by atoms with E-state index in [1.165, 1.54) is 4.90 Å². The van der Waals surface area contributed by atoms with E-state index in [1.807, 2.05) is 54.9 Å². The number of hydrogen-bond donors (Lipinski definition) is 4. The molecule has 200 valence electrons. The van der Waals surface area contributed by atoms with Crippen LogP contribution in [0.5, 0.6) is 0 Å². The maximum Gasteiger partial charge on any atom is 0.246 e. The highest BCUT2D eigenvalue weighted by atomic mass is 32.1. The molecule has 0 spiro atoms. The number of carbonyl (C=O) groups excluding carboxylic acids is 4. The predicted octanol–water partition coefficient (Wildman–Crippen LogP) is 1.67. The third kappa shape index (κ3) is 7.17. The molecule has 3 rings (SSSR count). The first-order valence-electron chi connectivity index (χ1n) is 12.6. The number of primary amides is 1. The Hall–Kier alpha value is -3.24. The molecule has 2 heterocycles. The van der Waals surface area contributed by atoms with Crippen LogP contribution in [0.15, 0.2) is 41.1 Å². The first-order chi connectivity index (χ1) is 17.6. The highest BCUT2D eigenvalue weighted by Gasteiger charge is 2.39. The normalized spacial score (nSPS) is 17.8. The Labute approximate surface area is 222 Å². The van der Waals surface area contributed by atoms with E-state index in [2.05, 4.69) is 16.0 Å². The topological polar surface area (TPSA) is 134 Å². The quantitative estimate of drug-likeness (QED) is 0.353. The minimum atomic E-state index is -0.917. The maximum atomic E-state index is 13.4. The van der Waals surface area contributed by atoms with Gasteiger partial charge in [0.25, 0.3) is 0 Å². The van der Waals surface area contributed by atoms with Gasteiger partial charge in [0, 0.05) is 13.0 Å². The second-order valence-corrected chi connectivity index (χ2v) is 10.6. The van der Waals surface area contributed by atoms with Crippen LogP contribution in [0.3, 0.4) is 0 Å². The van der Waals surface area contributed by atoms with Crippen LogP contribution in [0.4, 0.5) is 0 Å². The number of likely N-dealkylation sites (tertiary alicyclic amines) is 1. The van der Waals surface area contributed by atoms with Gasteiger partial charge in [-0.15, -0.1) is 0 Å². The summed E-state index contributed by atoms with van der Waals surface area (Å²) in [7, 11) is 1.67. The molecule has 10 heteroatoms. The summed E-state index contributed by atoms with van der Waals surface area (Å²) >= 11 is 1.60. The molecule has 5 N–H and O–H groups in total. The van der Waals surface area contributed by atoms with Crippen molar-refractivity contribution in [2.75, 3.05) is 13.6 Å². The summed E-state index contributed by atoms with van der Waals surface area (Å²) in [6.45, 7) is 5.82. The number of rotatable bonds is 11. The molecule has 1 aromatic carbocycles. The fraction of sp³-hybridized carbons (Fsp3) is 0.481. The van der Waals surface area contributed by atoms with E-state index in [4.69, 9.17) is 5.73 Å². The molecule has 1 aliphatic rings. The van der Waals surface area contributed by atoms with Crippen LogP contribution in [0.2, 0.25) is 0 Å². The third-order valence-electron chi connectivity index (χ3n) is 6.78. The molecular weight excluding hydrogens is 490 g/mol. The zero-order valence-corrected chi connectivity index (χ0v) is 22.6. The fourth-order valence-electron chi connectivity index (χ4n) is 4.44. The lowest BCUT2D eigenvalue weighted by Gasteiger charge is -2.31. The van der Waals surface area contributed by atoms with Crippen molar-refractivity contribution >= 4 is 35.0 Å². The van der Waals surface area contributed by atoms with Crippen molar-refractivity contribution < 1.29 is 19.2 Å². The standard InChI is InChI=1S/C27H37N5O4S/c1-16(2)23(31-25(34)17(3)29-4)27(36)32-11-6-9-22(32)26(35)30-21(24(28)33)14-18-7-5-8-19(13-18)20-10-12-37-15-20/h5,7-8,10,12-13,15-17,21-23,29H,6,9,11,14H2,1-4H3,(H2,28,33)(H,30,35)(H,31,34)/t17-,21-,22-,23-/m0/s1. The number of carbonyl (C=O) groups is 4. The van der Waals surface area contributed by atoms with Crippen molar-refractivity contribution in [3.8, 4) is 11.1 Å². The number of thiophene rings is 1.